The average Bonchev–Trinajstić information content (AvgIpc) is 2.09. The van der Waals surface area contributed by atoms with Gasteiger partial charge in [-0.15, -0.1) is 11.6 Å². The zero-order chi connectivity index (χ0) is 11.9. The molecule has 0 saturated heterocycles. The second kappa shape index (κ2) is 6.72. The Hall–Kier alpha value is 0.207. The number of halogens is 1. The molecule has 3 heteroatoms. The van der Waals surface area contributed by atoms with E-state index in [-0.39, 0.29) is 0 Å². The van der Waals surface area contributed by atoms with Crippen molar-refractivity contribution in [2.75, 3.05) is 12.5 Å². The first-order valence-electron chi connectivity index (χ1n) is 5.66. The van der Waals surface area contributed by atoms with E-state index < -0.39 is 8.32 Å². The normalized spacial score (nSPS) is 13.7. The van der Waals surface area contributed by atoms with Gasteiger partial charge in [0.1, 0.15) is 0 Å². The highest BCUT2D eigenvalue weighted by Crippen LogP contribution is 2.36. The molecule has 0 N–H and O–H groups in total. The van der Waals surface area contributed by atoms with Crippen molar-refractivity contribution in [1.29, 1.82) is 0 Å². The first kappa shape index (κ1) is 15.2. The van der Waals surface area contributed by atoms with Crippen LogP contribution in [0, 0.1) is 0 Å². The van der Waals surface area contributed by atoms with Crippen LogP contribution in [0.4, 0.5) is 0 Å². The lowest BCUT2D eigenvalue weighted by atomic mass is 10.2. The van der Waals surface area contributed by atoms with Gasteiger partial charge < -0.3 is 4.43 Å². The van der Waals surface area contributed by atoms with Crippen molar-refractivity contribution in [2.45, 2.75) is 51.7 Å². The monoisotopic (exact) mass is 248 g/mol. The minimum Gasteiger partial charge on any atom is -0.413 e. The second-order valence-electron chi connectivity index (χ2n) is 5.37. The number of unbranched alkanes of at least 4 members (excludes halogenated alkanes) is 1. The standard InChI is InChI=1S/C12H25ClOSi/c1-12(2,3)15(4,5)14-11-9-7-6-8-10-13/h7,9H,6,8,10-11H2,1-5H3. The number of rotatable bonds is 6. The van der Waals surface area contributed by atoms with Crippen LogP contribution in [0.1, 0.15) is 33.6 Å². The van der Waals surface area contributed by atoms with Gasteiger partial charge in [-0.25, -0.2) is 0 Å². The summed E-state index contributed by atoms with van der Waals surface area (Å²) in [6.07, 6.45) is 6.39. The van der Waals surface area contributed by atoms with Crippen molar-refractivity contribution in [1.82, 2.24) is 0 Å². The van der Waals surface area contributed by atoms with Gasteiger partial charge in [-0.1, -0.05) is 32.9 Å². The molecule has 0 heterocycles. The molecule has 0 aromatic rings. The van der Waals surface area contributed by atoms with Gasteiger partial charge in [-0.3, -0.25) is 0 Å². The number of allylic oxidation sites excluding steroid dienone is 1. The minimum absolute atomic E-state index is 0.303. The highest BCUT2D eigenvalue weighted by Gasteiger charge is 2.36. The number of hydrogen-bond donors (Lipinski definition) is 0. The summed E-state index contributed by atoms with van der Waals surface area (Å²) in [5.41, 5.74) is 0. The molecule has 0 amide bonds. The zero-order valence-electron chi connectivity index (χ0n) is 10.8. The molecule has 0 spiro atoms. The minimum atomic E-state index is -1.55. The van der Waals surface area contributed by atoms with E-state index in [0.717, 1.165) is 25.3 Å². The van der Waals surface area contributed by atoms with E-state index in [9.17, 15) is 0 Å². The summed E-state index contributed by atoms with van der Waals surface area (Å²) in [5.74, 6) is 0.743. The molecule has 0 aromatic carbocycles. The fourth-order valence-corrected chi connectivity index (χ4v) is 1.95. The molecule has 0 saturated carbocycles. The molecular weight excluding hydrogens is 224 g/mol. The molecule has 0 aliphatic carbocycles. The van der Waals surface area contributed by atoms with Crippen molar-refractivity contribution >= 4 is 19.9 Å². The summed E-state index contributed by atoms with van der Waals surface area (Å²) in [7, 11) is -1.55. The van der Waals surface area contributed by atoms with Crippen LogP contribution in [0.5, 0.6) is 0 Å². The Morgan fingerprint density at radius 3 is 2.27 bits per heavy atom. The zero-order valence-corrected chi connectivity index (χ0v) is 12.5. The van der Waals surface area contributed by atoms with Crippen molar-refractivity contribution < 1.29 is 4.43 Å². The average molecular weight is 249 g/mol. The van der Waals surface area contributed by atoms with Crippen molar-refractivity contribution in [3.63, 3.8) is 0 Å². The maximum atomic E-state index is 5.99. The van der Waals surface area contributed by atoms with E-state index in [2.05, 4.69) is 46.0 Å². The molecule has 15 heavy (non-hydrogen) atoms. The smallest absolute Gasteiger partial charge is 0.192 e. The second-order valence-corrected chi connectivity index (χ2v) is 10.6. The molecule has 90 valence electrons. The quantitative estimate of drug-likeness (QED) is 0.289. The number of alkyl halides is 1. The van der Waals surface area contributed by atoms with Gasteiger partial charge in [0.15, 0.2) is 8.32 Å². The Balaban J connectivity index is 3.80. The SMILES string of the molecule is CC(C)(C)[Si](C)(C)OCC=CCCCCl. The van der Waals surface area contributed by atoms with E-state index in [1.54, 1.807) is 0 Å². The molecule has 0 fully saturated rings. The van der Waals surface area contributed by atoms with Crippen LogP contribution in [0.25, 0.3) is 0 Å². The molecule has 0 atom stereocenters. The summed E-state index contributed by atoms with van der Waals surface area (Å²) in [4.78, 5) is 0. The molecule has 0 radical (unpaired) electrons. The van der Waals surface area contributed by atoms with E-state index in [1.807, 2.05) is 0 Å². The van der Waals surface area contributed by atoms with Crippen LogP contribution in [0.2, 0.25) is 18.1 Å². The van der Waals surface area contributed by atoms with E-state index in [4.69, 9.17) is 16.0 Å². The molecule has 0 aliphatic rings. The van der Waals surface area contributed by atoms with Crippen LogP contribution < -0.4 is 0 Å². The molecular formula is C12H25ClOSi. The topological polar surface area (TPSA) is 9.23 Å². The van der Waals surface area contributed by atoms with E-state index in [1.165, 1.54) is 0 Å². The van der Waals surface area contributed by atoms with Gasteiger partial charge >= 0.3 is 0 Å². The first-order valence-corrected chi connectivity index (χ1v) is 9.10. The molecule has 0 bridgehead atoms. The lowest BCUT2D eigenvalue weighted by Gasteiger charge is -2.35. The molecule has 1 nitrogen and oxygen atoms in total. The maximum Gasteiger partial charge on any atom is 0.192 e. The van der Waals surface area contributed by atoms with Gasteiger partial charge in [-0.05, 0) is 31.0 Å². The van der Waals surface area contributed by atoms with Crippen molar-refractivity contribution in [3.8, 4) is 0 Å². The highest BCUT2D eigenvalue weighted by molar-refractivity contribution is 6.74. The molecule has 0 unspecified atom stereocenters. The van der Waals surface area contributed by atoms with Gasteiger partial charge in [0.2, 0.25) is 0 Å². The lowest BCUT2D eigenvalue weighted by Crippen LogP contribution is -2.40. The summed E-state index contributed by atoms with van der Waals surface area (Å²) in [5, 5.41) is 0.303. The predicted octanol–water partition coefficient (Wildman–Crippen LogP) is 4.58. The van der Waals surface area contributed by atoms with Gasteiger partial charge in [0, 0.05) is 5.88 Å². The van der Waals surface area contributed by atoms with Crippen molar-refractivity contribution in [2.24, 2.45) is 0 Å². The van der Waals surface area contributed by atoms with Gasteiger partial charge in [0.25, 0.3) is 0 Å². The Bertz CT molecular complexity index is 194. The van der Waals surface area contributed by atoms with Crippen LogP contribution in [0.3, 0.4) is 0 Å². The summed E-state index contributed by atoms with van der Waals surface area (Å²) >= 11 is 5.59. The van der Waals surface area contributed by atoms with E-state index in [0.29, 0.717) is 5.04 Å². The van der Waals surface area contributed by atoms with Crippen LogP contribution in [-0.2, 0) is 4.43 Å². The Labute approximate surface area is 101 Å². The Morgan fingerprint density at radius 2 is 1.80 bits per heavy atom. The predicted molar refractivity (Wildman–Crippen MR) is 72.2 cm³/mol. The van der Waals surface area contributed by atoms with Crippen LogP contribution in [-0.4, -0.2) is 20.8 Å². The van der Waals surface area contributed by atoms with Crippen LogP contribution in [0.15, 0.2) is 12.2 Å². The first-order chi connectivity index (χ1) is 6.81. The molecule has 0 rings (SSSR count). The highest BCUT2D eigenvalue weighted by atomic mass is 35.5. The summed E-state index contributed by atoms with van der Waals surface area (Å²) < 4.78 is 5.99. The van der Waals surface area contributed by atoms with Gasteiger partial charge in [0.05, 0.1) is 6.61 Å². The van der Waals surface area contributed by atoms with Gasteiger partial charge in [-0.2, -0.15) is 0 Å². The number of hydrogen-bond acceptors (Lipinski definition) is 1. The summed E-state index contributed by atoms with van der Waals surface area (Å²) in [6, 6.07) is 0. The molecule has 0 aromatic heterocycles. The maximum absolute atomic E-state index is 5.99. The molecule has 0 aliphatic heterocycles. The fraction of sp³-hybridized carbons (Fsp3) is 0.833. The Morgan fingerprint density at radius 1 is 1.20 bits per heavy atom. The lowest BCUT2D eigenvalue weighted by molar-refractivity contribution is 0.327. The third kappa shape index (κ3) is 6.39. The largest absolute Gasteiger partial charge is 0.413 e. The van der Waals surface area contributed by atoms with Crippen molar-refractivity contribution in [3.05, 3.63) is 12.2 Å². The third-order valence-electron chi connectivity index (χ3n) is 3.02. The fourth-order valence-electron chi connectivity index (χ4n) is 0.854. The third-order valence-corrected chi connectivity index (χ3v) is 7.79. The van der Waals surface area contributed by atoms with Crippen LogP contribution >= 0.6 is 11.6 Å². The van der Waals surface area contributed by atoms with E-state index >= 15 is 0 Å². The Kier molecular flexibility index (Phi) is 6.81. The summed E-state index contributed by atoms with van der Waals surface area (Å²) in [6.45, 7) is 12.1.